The van der Waals surface area contributed by atoms with Gasteiger partial charge in [0.05, 0.1) is 6.04 Å². The number of amides is 1. The van der Waals surface area contributed by atoms with Crippen LogP contribution in [-0.2, 0) is 4.79 Å². The Morgan fingerprint density at radius 2 is 2.12 bits per heavy atom. The number of hydrogen-bond donors (Lipinski definition) is 2. The topological polar surface area (TPSA) is 44.4 Å². The maximum atomic E-state index is 12.1. The number of nitrogens with zero attached hydrogens (tertiary/aromatic N) is 1. The maximum absolute atomic E-state index is 12.1. The van der Waals surface area contributed by atoms with Gasteiger partial charge in [-0.25, -0.2) is 0 Å². The average molecular weight is 225 g/mol. The summed E-state index contributed by atoms with van der Waals surface area (Å²) in [4.78, 5) is 14.1. The largest absolute Gasteiger partial charge is 0.341 e. The van der Waals surface area contributed by atoms with Gasteiger partial charge >= 0.3 is 0 Å². The van der Waals surface area contributed by atoms with Crippen molar-refractivity contribution in [2.24, 2.45) is 0 Å². The summed E-state index contributed by atoms with van der Waals surface area (Å²) in [6, 6.07) is 0.443. The fourth-order valence-electron chi connectivity index (χ4n) is 2.63. The lowest BCUT2D eigenvalue weighted by Gasteiger charge is -2.28. The summed E-state index contributed by atoms with van der Waals surface area (Å²) < 4.78 is 0. The molecule has 0 aromatic carbocycles. The van der Waals surface area contributed by atoms with E-state index in [2.05, 4.69) is 10.6 Å². The molecule has 2 unspecified atom stereocenters. The van der Waals surface area contributed by atoms with Crippen molar-refractivity contribution >= 4 is 5.91 Å². The third-order valence-corrected chi connectivity index (χ3v) is 3.57. The molecule has 2 aliphatic heterocycles. The van der Waals surface area contributed by atoms with Gasteiger partial charge in [-0.1, -0.05) is 0 Å². The van der Waals surface area contributed by atoms with Gasteiger partial charge in [0.2, 0.25) is 5.91 Å². The van der Waals surface area contributed by atoms with E-state index in [4.69, 9.17) is 0 Å². The molecular formula is C12H23N3O. The molecular weight excluding hydrogens is 202 g/mol. The van der Waals surface area contributed by atoms with E-state index in [1.807, 2.05) is 11.8 Å². The predicted molar refractivity (Wildman–Crippen MR) is 64.3 cm³/mol. The van der Waals surface area contributed by atoms with E-state index in [1.54, 1.807) is 0 Å². The van der Waals surface area contributed by atoms with Crippen molar-refractivity contribution in [1.82, 2.24) is 15.5 Å². The van der Waals surface area contributed by atoms with Crippen LogP contribution >= 0.6 is 0 Å². The summed E-state index contributed by atoms with van der Waals surface area (Å²) in [7, 11) is 0. The summed E-state index contributed by atoms with van der Waals surface area (Å²) >= 11 is 0. The number of likely N-dealkylation sites (tertiary alicyclic amines) is 1. The van der Waals surface area contributed by atoms with Crippen molar-refractivity contribution in [1.29, 1.82) is 0 Å². The van der Waals surface area contributed by atoms with Crippen molar-refractivity contribution in [3.8, 4) is 0 Å². The highest BCUT2D eigenvalue weighted by atomic mass is 16.2. The second-order valence-electron chi connectivity index (χ2n) is 4.96. The van der Waals surface area contributed by atoms with Crippen LogP contribution in [0.2, 0.25) is 0 Å². The van der Waals surface area contributed by atoms with Crippen molar-refractivity contribution in [3.63, 3.8) is 0 Å². The van der Waals surface area contributed by atoms with Gasteiger partial charge in [0, 0.05) is 25.7 Å². The molecule has 0 saturated carbocycles. The summed E-state index contributed by atoms with van der Waals surface area (Å²) in [5.74, 6) is 0.281. The molecule has 2 N–H and O–H groups in total. The van der Waals surface area contributed by atoms with E-state index in [1.165, 1.54) is 25.7 Å². The molecule has 2 rings (SSSR count). The van der Waals surface area contributed by atoms with E-state index < -0.39 is 0 Å². The minimum atomic E-state index is -0.0250. The van der Waals surface area contributed by atoms with Gasteiger partial charge in [0.15, 0.2) is 0 Å². The Morgan fingerprint density at radius 1 is 1.38 bits per heavy atom. The average Bonchev–Trinajstić information content (AvgIpc) is 2.83. The molecule has 2 aliphatic rings. The first-order valence-corrected chi connectivity index (χ1v) is 6.53. The lowest BCUT2D eigenvalue weighted by atomic mass is 10.1. The summed E-state index contributed by atoms with van der Waals surface area (Å²) in [5, 5.41) is 6.80. The summed E-state index contributed by atoms with van der Waals surface area (Å²) in [5.41, 5.74) is 0. The van der Waals surface area contributed by atoms with Crippen molar-refractivity contribution < 1.29 is 4.79 Å². The first-order valence-electron chi connectivity index (χ1n) is 6.53. The minimum Gasteiger partial charge on any atom is -0.341 e. The monoisotopic (exact) mass is 225 g/mol. The van der Waals surface area contributed by atoms with Crippen LogP contribution in [0.3, 0.4) is 0 Å². The Hall–Kier alpha value is -0.610. The highest BCUT2D eigenvalue weighted by molar-refractivity contribution is 5.81. The number of piperidine rings is 1. The SMILES string of the molecule is CC(NC1CCCNC1)C(=O)N1CCCC1. The first kappa shape index (κ1) is 11.9. The molecule has 16 heavy (non-hydrogen) atoms. The van der Waals surface area contributed by atoms with Crippen LogP contribution in [0.25, 0.3) is 0 Å². The standard InChI is InChI=1S/C12H23N3O/c1-10(12(16)15-7-2-3-8-15)14-11-5-4-6-13-9-11/h10-11,13-14H,2-9H2,1H3. The Bertz CT molecular complexity index is 232. The van der Waals surface area contributed by atoms with Crippen LogP contribution in [-0.4, -0.2) is 49.1 Å². The number of nitrogens with one attached hydrogen (secondary N) is 2. The molecule has 2 saturated heterocycles. The summed E-state index contributed by atoms with van der Waals surface area (Å²) in [6.07, 6.45) is 4.74. The predicted octanol–water partition coefficient (Wildman–Crippen LogP) is 0.339. The molecule has 4 nitrogen and oxygen atoms in total. The van der Waals surface area contributed by atoms with Crippen LogP contribution in [0.5, 0.6) is 0 Å². The van der Waals surface area contributed by atoms with E-state index in [9.17, 15) is 4.79 Å². The maximum Gasteiger partial charge on any atom is 0.239 e. The number of carbonyl (C=O) groups is 1. The number of carbonyl (C=O) groups excluding carboxylic acids is 1. The zero-order valence-corrected chi connectivity index (χ0v) is 10.2. The fraction of sp³-hybridized carbons (Fsp3) is 0.917. The molecule has 0 radical (unpaired) electrons. The van der Waals surface area contributed by atoms with Crippen LogP contribution in [0, 0.1) is 0 Å². The third kappa shape index (κ3) is 2.95. The Labute approximate surface area is 97.8 Å². The van der Waals surface area contributed by atoms with Crippen LogP contribution in [0.1, 0.15) is 32.6 Å². The van der Waals surface area contributed by atoms with Gasteiger partial charge in [-0.2, -0.15) is 0 Å². The van der Waals surface area contributed by atoms with Crippen LogP contribution in [0.15, 0.2) is 0 Å². The highest BCUT2D eigenvalue weighted by Gasteiger charge is 2.25. The first-order chi connectivity index (χ1) is 7.77. The molecule has 0 aromatic rings. The van der Waals surface area contributed by atoms with Gasteiger partial charge in [-0.05, 0) is 39.2 Å². The molecule has 92 valence electrons. The normalized spacial score (nSPS) is 28.1. The van der Waals surface area contributed by atoms with Crippen LogP contribution in [0.4, 0.5) is 0 Å². The van der Waals surface area contributed by atoms with Crippen molar-refractivity contribution in [2.75, 3.05) is 26.2 Å². The Morgan fingerprint density at radius 3 is 2.75 bits per heavy atom. The molecule has 0 bridgehead atoms. The molecule has 0 aliphatic carbocycles. The number of rotatable bonds is 3. The lowest BCUT2D eigenvalue weighted by molar-refractivity contribution is -0.132. The second-order valence-corrected chi connectivity index (χ2v) is 4.96. The summed E-state index contributed by atoms with van der Waals surface area (Å²) in [6.45, 7) is 6.01. The number of hydrogen-bond acceptors (Lipinski definition) is 3. The van der Waals surface area contributed by atoms with E-state index in [0.717, 1.165) is 26.2 Å². The molecule has 0 spiro atoms. The Balaban J connectivity index is 1.77. The third-order valence-electron chi connectivity index (χ3n) is 3.57. The van der Waals surface area contributed by atoms with Gasteiger partial charge in [0.25, 0.3) is 0 Å². The zero-order chi connectivity index (χ0) is 11.4. The van der Waals surface area contributed by atoms with Gasteiger partial charge in [-0.15, -0.1) is 0 Å². The fourth-order valence-corrected chi connectivity index (χ4v) is 2.63. The quantitative estimate of drug-likeness (QED) is 0.728. The molecule has 2 fully saturated rings. The minimum absolute atomic E-state index is 0.0250. The van der Waals surface area contributed by atoms with Gasteiger partial charge < -0.3 is 15.5 Å². The van der Waals surface area contributed by atoms with Crippen molar-refractivity contribution in [3.05, 3.63) is 0 Å². The molecule has 0 aromatic heterocycles. The van der Waals surface area contributed by atoms with Crippen LogP contribution < -0.4 is 10.6 Å². The van der Waals surface area contributed by atoms with Gasteiger partial charge in [0.1, 0.15) is 0 Å². The van der Waals surface area contributed by atoms with E-state index in [0.29, 0.717) is 6.04 Å². The van der Waals surface area contributed by atoms with E-state index >= 15 is 0 Å². The molecule has 2 heterocycles. The second kappa shape index (κ2) is 5.64. The highest BCUT2D eigenvalue weighted by Crippen LogP contribution is 2.10. The Kier molecular flexibility index (Phi) is 4.18. The van der Waals surface area contributed by atoms with Crippen molar-refractivity contribution in [2.45, 2.75) is 44.7 Å². The van der Waals surface area contributed by atoms with Gasteiger partial charge in [-0.3, -0.25) is 4.79 Å². The van der Waals surface area contributed by atoms with E-state index in [-0.39, 0.29) is 11.9 Å². The zero-order valence-electron chi connectivity index (χ0n) is 10.2. The lowest BCUT2D eigenvalue weighted by Crippen LogP contribution is -2.52. The molecule has 2 atom stereocenters. The molecule has 4 heteroatoms. The smallest absolute Gasteiger partial charge is 0.239 e. The molecule has 1 amide bonds.